The highest BCUT2D eigenvalue weighted by atomic mass is 16.2. The van der Waals surface area contributed by atoms with Crippen LogP contribution in [0.25, 0.3) is 0 Å². The number of unbranched alkanes of at least 4 members (excludes halogenated alkanes) is 1. The normalized spacial score (nSPS) is 10.5. The molecule has 0 atom stereocenters. The van der Waals surface area contributed by atoms with Gasteiger partial charge in [0.05, 0.1) is 6.54 Å². The Morgan fingerprint density at radius 1 is 1.46 bits per heavy atom. The van der Waals surface area contributed by atoms with Crippen molar-refractivity contribution in [2.45, 2.75) is 19.8 Å². The van der Waals surface area contributed by atoms with Gasteiger partial charge in [-0.2, -0.15) is 0 Å². The van der Waals surface area contributed by atoms with E-state index >= 15 is 0 Å². The van der Waals surface area contributed by atoms with Crippen molar-refractivity contribution < 1.29 is 4.79 Å². The second-order valence-electron chi connectivity index (χ2n) is 3.23. The molecule has 0 heterocycles. The maximum absolute atomic E-state index is 11.2. The maximum atomic E-state index is 11.2. The maximum Gasteiger partial charge on any atom is 0.234 e. The number of carbonyl (C=O) groups is 1. The number of nitrogens with zero attached hydrogens (tertiary/aromatic N) is 1. The molecule has 4 heteroatoms. The average Bonchev–Trinajstić information content (AvgIpc) is 2.05. The van der Waals surface area contributed by atoms with E-state index < -0.39 is 0 Å². The van der Waals surface area contributed by atoms with Crippen LogP contribution >= 0.6 is 0 Å². The zero-order chi connectivity index (χ0) is 10.1. The van der Waals surface area contributed by atoms with Gasteiger partial charge in [0, 0.05) is 13.2 Å². The first-order chi connectivity index (χ1) is 6.20. The lowest BCUT2D eigenvalue weighted by Gasteiger charge is -2.15. The minimum atomic E-state index is 0.103. The number of nitrogens with one attached hydrogen (secondary N) is 2. The summed E-state index contributed by atoms with van der Waals surface area (Å²) in [6, 6.07) is 0. The standard InChI is InChI=1S/C9H21N3O/c1-4-5-6-11-9(13)7-12(3)8-10-2/h10H,4-8H2,1-3H3,(H,11,13). The van der Waals surface area contributed by atoms with Crippen LogP contribution in [0.5, 0.6) is 0 Å². The summed E-state index contributed by atoms with van der Waals surface area (Å²) in [4.78, 5) is 13.2. The molecule has 0 aliphatic carbocycles. The molecule has 0 aliphatic heterocycles. The molecule has 1 amide bonds. The van der Waals surface area contributed by atoms with E-state index in [1.165, 1.54) is 0 Å². The number of rotatable bonds is 7. The van der Waals surface area contributed by atoms with Gasteiger partial charge in [0.2, 0.25) is 5.91 Å². The van der Waals surface area contributed by atoms with Gasteiger partial charge in [-0.25, -0.2) is 0 Å². The third kappa shape index (κ3) is 7.74. The highest BCUT2D eigenvalue weighted by molar-refractivity contribution is 5.77. The molecule has 4 nitrogen and oxygen atoms in total. The molecule has 0 saturated heterocycles. The first-order valence-corrected chi connectivity index (χ1v) is 4.80. The largest absolute Gasteiger partial charge is 0.355 e. The molecule has 0 bridgehead atoms. The summed E-state index contributed by atoms with van der Waals surface area (Å²) in [5, 5.41) is 5.85. The van der Waals surface area contributed by atoms with Gasteiger partial charge in [-0.3, -0.25) is 9.69 Å². The molecule has 0 aliphatic rings. The molecule has 0 saturated carbocycles. The second kappa shape index (κ2) is 8.01. The zero-order valence-electron chi connectivity index (χ0n) is 8.89. The van der Waals surface area contributed by atoms with Crippen molar-refractivity contribution >= 4 is 5.91 Å². The van der Waals surface area contributed by atoms with E-state index in [0.717, 1.165) is 26.1 Å². The minimum absolute atomic E-state index is 0.103. The SMILES string of the molecule is CCCCNC(=O)CN(C)CNC. The predicted octanol–water partition coefficient (Wildman–Crippen LogP) is 0.0114. The average molecular weight is 187 g/mol. The summed E-state index contributed by atoms with van der Waals surface area (Å²) < 4.78 is 0. The van der Waals surface area contributed by atoms with E-state index in [0.29, 0.717) is 6.54 Å². The van der Waals surface area contributed by atoms with Crippen molar-refractivity contribution in [3.63, 3.8) is 0 Å². The molecule has 78 valence electrons. The van der Waals surface area contributed by atoms with Crippen LogP contribution in [0.1, 0.15) is 19.8 Å². The van der Waals surface area contributed by atoms with Gasteiger partial charge in [-0.1, -0.05) is 13.3 Å². The van der Waals surface area contributed by atoms with Crippen LogP contribution in [0.3, 0.4) is 0 Å². The summed E-state index contributed by atoms with van der Waals surface area (Å²) in [5.41, 5.74) is 0. The van der Waals surface area contributed by atoms with E-state index in [4.69, 9.17) is 0 Å². The fourth-order valence-electron chi connectivity index (χ4n) is 1.03. The van der Waals surface area contributed by atoms with Crippen LogP contribution in [-0.4, -0.2) is 44.7 Å². The third-order valence-electron chi connectivity index (χ3n) is 1.69. The van der Waals surface area contributed by atoms with Crippen molar-refractivity contribution in [2.24, 2.45) is 0 Å². The number of carbonyl (C=O) groups excluding carboxylic acids is 1. The minimum Gasteiger partial charge on any atom is -0.355 e. The van der Waals surface area contributed by atoms with Crippen LogP contribution in [0.15, 0.2) is 0 Å². The molecule has 0 aromatic carbocycles. The third-order valence-corrected chi connectivity index (χ3v) is 1.69. The monoisotopic (exact) mass is 187 g/mol. The van der Waals surface area contributed by atoms with Gasteiger partial charge >= 0.3 is 0 Å². The zero-order valence-corrected chi connectivity index (χ0v) is 8.89. The van der Waals surface area contributed by atoms with Gasteiger partial charge in [-0.15, -0.1) is 0 Å². The fraction of sp³-hybridized carbons (Fsp3) is 0.889. The molecule has 13 heavy (non-hydrogen) atoms. The Balaban J connectivity index is 3.38. The lowest BCUT2D eigenvalue weighted by Crippen LogP contribution is -2.38. The Kier molecular flexibility index (Phi) is 7.63. The quantitative estimate of drug-likeness (QED) is 0.436. The summed E-state index contributed by atoms with van der Waals surface area (Å²) in [5.74, 6) is 0.103. The van der Waals surface area contributed by atoms with Crippen LogP contribution in [0, 0.1) is 0 Å². The lowest BCUT2D eigenvalue weighted by molar-refractivity contribution is -0.122. The van der Waals surface area contributed by atoms with Gasteiger partial charge in [0.15, 0.2) is 0 Å². The van der Waals surface area contributed by atoms with Gasteiger partial charge in [0.25, 0.3) is 0 Å². The number of hydrogen-bond acceptors (Lipinski definition) is 3. The van der Waals surface area contributed by atoms with Crippen molar-refractivity contribution in [3.8, 4) is 0 Å². The second-order valence-corrected chi connectivity index (χ2v) is 3.23. The van der Waals surface area contributed by atoms with E-state index in [9.17, 15) is 4.79 Å². The smallest absolute Gasteiger partial charge is 0.234 e. The fourth-order valence-corrected chi connectivity index (χ4v) is 1.03. The molecule has 0 radical (unpaired) electrons. The van der Waals surface area contributed by atoms with Gasteiger partial charge in [-0.05, 0) is 20.5 Å². The molecular weight excluding hydrogens is 166 g/mol. The predicted molar refractivity (Wildman–Crippen MR) is 54.5 cm³/mol. The molecule has 0 aromatic rings. The van der Waals surface area contributed by atoms with Crippen molar-refractivity contribution in [3.05, 3.63) is 0 Å². The Hall–Kier alpha value is -0.610. The molecule has 2 N–H and O–H groups in total. The Morgan fingerprint density at radius 3 is 2.69 bits per heavy atom. The van der Waals surface area contributed by atoms with Gasteiger partial charge < -0.3 is 10.6 Å². The van der Waals surface area contributed by atoms with Crippen molar-refractivity contribution in [1.29, 1.82) is 0 Å². The topological polar surface area (TPSA) is 44.4 Å². The lowest BCUT2D eigenvalue weighted by atomic mass is 10.3. The van der Waals surface area contributed by atoms with Crippen molar-refractivity contribution in [2.75, 3.05) is 33.9 Å². The molecule has 0 rings (SSSR count). The molecule has 0 spiro atoms. The first-order valence-electron chi connectivity index (χ1n) is 4.80. The molecule has 0 fully saturated rings. The van der Waals surface area contributed by atoms with Crippen LogP contribution in [0.2, 0.25) is 0 Å². The first kappa shape index (κ1) is 12.4. The Labute approximate surface area is 80.7 Å². The summed E-state index contributed by atoms with van der Waals surface area (Å²) in [7, 11) is 3.78. The molecular formula is C9H21N3O. The van der Waals surface area contributed by atoms with E-state index in [1.54, 1.807) is 0 Å². The summed E-state index contributed by atoms with van der Waals surface area (Å²) >= 11 is 0. The Bertz CT molecular complexity index is 139. The highest BCUT2D eigenvalue weighted by Crippen LogP contribution is 1.83. The highest BCUT2D eigenvalue weighted by Gasteiger charge is 2.03. The Morgan fingerprint density at radius 2 is 2.15 bits per heavy atom. The number of amides is 1. The van der Waals surface area contributed by atoms with Crippen LogP contribution in [0.4, 0.5) is 0 Å². The summed E-state index contributed by atoms with van der Waals surface area (Å²) in [6.45, 7) is 4.10. The van der Waals surface area contributed by atoms with E-state index in [-0.39, 0.29) is 5.91 Å². The van der Waals surface area contributed by atoms with E-state index in [1.807, 2.05) is 19.0 Å². The van der Waals surface area contributed by atoms with Gasteiger partial charge in [0.1, 0.15) is 0 Å². The molecule has 0 unspecified atom stereocenters. The number of hydrogen-bond donors (Lipinski definition) is 2. The van der Waals surface area contributed by atoms with E-state index in [2.05, 4.69) is 17.6 Å². The molecule has 0 aromatic heterocycles. The van der Waals surface area contributed by atoms with Crippen molar-refractivity contribution in [1.82, 2.24) is 15.5 Å². The number of likely N-dealkylation sites (N-methyl/N-ethyl adjacent to an activating group) is 1. The van der Waals surface area contributed by atoms with Crippen LogP contribution < -0.4 is 10.6 Å². The summed E-state index contributed by atoms with van der Waals surface area (Å²) in [6.07, 6.45) is 2.17. The van der Waals surface area contributed by atoms with Crippen LogP contribution in [-0.2, 0) is 4.79 Å².